The zero-order chi connectivity index (χ0) is 26.8. The zero-order valence-corrected chi connectivity index (χ0v) is 23.2. The van der Waals surface area contributed by atoms with Crippen LogP contribution in [0.1, 0.15) is 35.5 Å². The highest BCUT2D eigenvalue weighted by Gasteiger charge is 2.20. The number of likely N-dealkylation sites (N-methyl/N-ethyl adjacent to an activating group) is 1. The number of rotatable bonds is 4. The minimum atomic E-state index is 0.529. The Bertz CT molecular complexity index is 1300. The summed E-state index contributed by atoms with van der Waals surface area (Å²) < 4.78 is 16.1. The highest BCUT2D eigenvalue weighted by molar-refractivity contribution is 6.15. The second-order valence-electron chi connectivity index (χ2n) is 7.86. The number of fused-ring (bicyclic) bond motifs is 4. The van der Waals surface area contributed by atoms with Crippen molar-refractivity contribution in [3.05, 3.63) is 59.3 Å². The number of halogens is 1. The number of nitrogens with zero attached hydrogens (tertiary/aromatic N) is 1. The number of aryl methyl sites for hydroxylation is 1. The molecule has 0 spiro atoms. The fourth-order valence-corrected chi connectivity index (χ4v) is 4.46. The summed E-state index contributed by atoms with van der Waals surface area (Å²) in [6, 6.07) is 14.4. The van der Waals surface area contributed by atoms with Gasteiger partial charge in [-0.1, -0.05) is 38.1 Å². The second kappa shape index (κ2) is 13.6. The minimum Gasteiger partial charge on any atom is -0.496 e. The van der Waals surface area contributed by atoms with E-state index in [9.17, 15) is 4.79 Å². The molecule has 0 bridgehead atoms. The number of nitrogens with one attached hydrogen (secondary N) is 1. The number of ether oxygens (including phenoxy) is 3. The molecule has 1 aliphatic rings. The summed E-state index contributed by atoms with van der Waals surface area (Å²) in [7, 11) is 7.06. The van der Waals surface area contributed by atoms with E-state index in [1.165, 1.54) is 28.4 Å². The number of aldehydes is 1. The Morgan fingerprint density at radius 3 is 2.17 bits per heavy atom. The molecule has 0 amide bonds. The van der Waals surface area contributed by atoms with Crippen molar-refractivity contribution in [1.29, 1.82) is 0 Å². The topological polar surface area (TPSA) is 63.8 Å². The van der Waals surface area contributed by atoms with Crippen LogP contribution >= 0.6 is 11.6 Å². The number of anilines is 1. The van der Waals surface area contributed by atoms with E-state index in [1.807, 2.05) is 26.8 Å². The van der Waals surface area contributed by atoms with Gasteiger partial charge < -0.3 is 24.1 Å². The Labute approximate surface area is 219 Å². The van der Waals surface area contributed by atoms with Crippen molar-refractivity contribution in [3.63, 3.8) is 0 Å². The molecule has 4 aromatic rings. The Hall–Kier alpha value is -3.38. The summed E-state index contributed by atoms with van der Waals surface area (Å²) in [6.45, 7) is 7.04. The first-order chi connectivity index (χ1) is 17.5. The molecule has 0 radical (unpaired) electrons. The third-order valence-corrected chi connectivity index (χ3v) is 5.99. The lowest BCUT2D eigenvalue weighted by atomic mass is 10.0. The van der Waals surface area contributed by atoms with Gasteiger partial charge in [0.05, 0.1) is 32.5 Å². The van der Waals surface area contributed by atoms with Gasteiger partial charge in [0.25, 0.3) is 0 Å². The first-order valence-corrected chi connectivity index (χ1v) is 12.6. The Balaban J connectivity index is 0.000000223. The van der Waals surface area contributed by atoms with Gasteiger partial charge in [-0.15, -0.1) is 11.6 Å². The third kappa shape index (κ3) is 5.71. The van der Waals surface area contributed by atoms with Crippen molar-refractivity contribution in [2.75, 3.05) is 46.2 Å². The van der Waals surface area contributed by atoms with Gasteiger partial charge in [0.2, 0.25) is 0 Å². The first-order valence-electron chi connectivity index (χ1n) is 11.9. The Morgan fingerprint density at radius 1 is 0.944 bits per heavy atom. The van der Waals surface area contributed by atoms with Gasteiger partial charge in [-0.25, -0.2) is 0 Å². The molecule has 2 heterocycles. The average Bonchev–Trinajstić information content (AvgIpc) is 3.52. The van der Waals surface area contributed by atoms with E-state index in [1.54, 1.807) is 27.4 Å². The number of carbonyl (C=O) groups is 1. The van der Waals surface area contributed by atoms with Crippen molar-refractivity contribution < 1.29 is 19.0 Å². The highest BCUT2D eigenvalue weighted by atomic mass is 35.5. The number of H-pyrrole nitrogens is 1. The van der Waals surface area contributed by atoms with Gasteiger partial charge in [-0.2, -0.15) is 0 Å². The number of aromatic nitrogens is 1. The molecule has 1 aromatic heterocycles. The third-order valence-electron chi connectivity index (χ3n) is 5.99. The fourth-order valence-electron chi connectivity index (χ4n) is 4.46. The second-order valence-corrected chi connectivity index (χ2v) is 7.86. The summed E-state index contributed by atoms with van der Waals surface area (Å²) in [5.41, 5.74) is 5.06. The monoisotopic (exact) mass is 512 g/mol. The maximum Gasteiger partial charge on any atom is 0.185 e. The van der Waals surface area contributed by atoms with Crippen LogP contribution in [-0.2, 0) is 6.42 Å². The predicted molar refractivity (Wildman–Crippen MR) is 152 cm³/mol. The van der Waals surface area contributed by atoms with Crippen molar-refractivity contribution in [2.24, 2.45) is 0 Å². The predicted octanol–water partition coefficient (Wildman–Crippen LogP) is 7.03. The zero-order valence-electron chi connectivity index (χ0n) is 22.5. The van der Waals surface area contributed by atoms with Gasteiger partial charge in [-0.3, -0.25) is 4.79 Å². The van der Waals surface area contributed by atoms with Crippen LogP contribution in [0.15, 0.2) is 42.5 Å². The molecule has 0 saturated heterocycles. The van der Waals surface area contributed by atoms with Gasteiger partial charge in [0.15, 0.2) is 17.8 Å². The quantitative estimate of drug-likeness (QED) is 0.235. The maximum atomic E-state index is 10.7. The lowest BCUT2D eigenvalue weighted by Crippen LogP contribution is -2.12. The number of hydrogen-bond acceptors (Lipinski definition) is 5. The van der Waals surface area contributed by atoms with Crippen LogP contribution in [0.4, 0.5) is 5.69 Å². The van der Waals surface area contributed by atoms with Gasteiger partial charge in [-0.05, 0) is 42.0 Å². The molecule has 0 unspecified atom stereocenters. The molecular formula is C29H37ClN2O4. The van der Waals surface area contributed by atoms with Crippen LogP contribution in [0.25, 0.3) is 21.7 Å². The molecule has 0 fully saturated rings. The van der Waals surface area contributed by atoms with E-state index in [4.69, 9.17) is 14.2 Å². The lowest BCUT2D eigenvalue weighted by molar-refractivity contribution is 0.111. The fraction of sp³-hybridized carbons (Fsp3) is 0.345. The molecule has 0 saturated carbocycles. The summed E-state index contributed by atoms with van der Waals surface area (Å²) in [5.74, 6) is 2.29. The molecule has 194 valence electrons. The summed E-state index contributed by atoms with van der Waals surface area (Å²) in [6.07, 6.45) is 3.39. The summed E-state index contributed by atoms with van der Waals surface area (Å²) in [5, 5.41) is 3.50. The van der Waals surface area contributed by atoms with Crippen molar-refractivity contribution in [3.8, 4) is 17.2 Å². The van der Waals surface area contributed by atoms with Crippen LogP contribution < -0.4 is 19.1 Å². The van der Waals surface area contributed by atoms with Gasteiger partial charge in [0, 0.05) is 42.5 Å². The lowest BCUT2D eigenvalue weighted by Gasteiger charge is -2.15. The molecule has 5 rings (SSSR count). The molecule has 0 aliphatic carbocycles. The number of alkyl halides is 1. The Morgan fingerprint density at radius 2 is 1.58 bits per heavy atom. The molecule has 0 atom stereocenters. The van der Waals surface area contributed by atoms with E-state index in [-0.39, 0.29) is 0 Å². The molecular weight excluding hydrogens is 476 g/mol. The van der Waals surface area contributed by atoms with Crippen molar-refractivity contribution in [1.82, 2.24) is 4.98 Å². The van der Waals surface area contributed by atoms with Crippen LogP contribution in [0, 0.1) is 6.92 Å². The maximum absolute atomic E-state index is 10.7. The van der Waals surface area contributed by atoms with Crippen LogP contribution in [0.2, 0.25) is 0 Å². The average molecular weight is 513 g/mol. The number of aromatic amines is 1. The summed E-state index contributed by atoms with van der Waals surface area (Å²) in [4.78, 5) is 16.0. The van der Waals surface area contributed by atoms with E-state index >= 15 is 0 Å². The first kappa shape index (κ1) is 28.9. The van der Waals surface area contributed by atoms with E-state index in [0.29, 0.717) is 17.2 Å². The Kier molecular flexibility index (Phi) is 10.9. The largest absolute Gasteiger partial charge is 0.496 e. The molecule has 1 aliphatic heterocycles. The number of methoxy groups -OCH3 is 3. The molecule has 36 heavy (non-hydrogen) atoms. The van der Waals surface area contributed by atoms with Crippen molar-refractivity contribution >= 4 is 45.2 Å². The molecule has 6 nitrogen and oxygen atoms in total. The van der Waals surface area contributed by atoms with Gasteiger partial charge >= 0.3 is 0 Å². The van der Waals surface area contributed by atoms with Crippen molar-refractivity contribution in [2.45, 2.75) is 27.2 Å². The minimum absolute atomic E-state index is 0.529. The van der Waals surface area contributed by atoms with E-state index < -0.39 is 0 Å². The molecule has 7 heteroatoms. The van der Waals surface area contributed by atoms with E-state index in [0.717, 1.165) is 41.5 Å². The van der Waals surface area contributed by atoms with Gasteiger partial charge in [0.1, 0.15) is 5.75 Å². The summed E-state index contributed by atoms with van der Waals surface area (Å²) >= 11 is 4.64. The van der Waals surface area contributed by atoms with Crippen LogP contribution in [0.5, 0.6) is 17.2 Å². The molecule has 3 aromatic carbocycles. The molecule has 1 N–H and O–H groups in total. The van der Waals surface area contributed by atoms with Crippen LogP contribution in [0.3, 0.4) is 0 Å². The standard InChI is InChI=1S/C14H15NO.C12H13NO3.C2H6.CH3Cl/c1-15-8-7-11-10-5-3-4-6-12(10)14(16-2)9-13(11)15;1-7-4-8-5-9(6-14)13-10(8)12(16-3)11(7)15-2;2*1-2/h3-6,9H,7-8H2,1-2H3;4-6,13H,1-3H3;1-2H3;1H3. The smallest absolute Gasteiger partial charge is 0.185 e. The van der Waals surface area contributed by atoms with Crippen LogP contribution in [-0.4, -0.2) is 52.6 Å². The number of hydrogen-bond donors (Lipinski definition) is 1. The highest BCUT2D eigenvalue weighted by Crippen LogP contribution is 2.39. The SMILES string of the molecule is CC.CCl.COc1c(C)cc2cc(C=O)[nH]c2c1OC.COc1cc2c(c3ccccc13)CCN2C. The number of benzene rings is 3. The number of carbonyl (C=O) groups excluding carboxylic acids is 1. The normalized spacial score (nSPS) is 11.3. The van der Waals surface area contributed by atoms with E-state index in [2.05, 4.69) is 58.9 Å².